The first-order valence-electron chi connectivity index (χ1n) is 8.17. The number of amides is 1. The lowest BCUT2D eigenvalue weighted by Crippen LogP contribution is -2.06. The van der Waals surface area contributed by atoms with Crippen LogP contribution in [0.25, 0.3) is 28.0 Å². The van der Waals surface area contributed by atoms with Gasteiger partial charge in [0.15, 0.2) is 5.65 Å². The van der Waals surface area contributed by atoms with Gasteiger partial charge in [0.1, 0.15) is 17.7 Å². The zero-order chi connectivity index (χ0) is 19.0. The number of hydrogen-bond acceptors (Lipinski definition) is 3. The highest BCUT2D eigenvalue weighted by molar-refractivity contribution is 9.10. The van der Waals surface area contributed by atoms with E-state index in [-0.39, 0.29) is 11.7 Å². The summed E-state index contributed by atoms with van der Waals surface area (Å²) in [6.07, 6.45) is 3.39. The number of hydrogen-bond donors (Lipinski definition) is 1. The maximum Gasteiger partial charge on any atom is 0.221 e. The third-order valence-electron chi connectivity index (χ3n) is 4.05. The molecule has 0 atom stereocenters. The maximum atomic E-state index is 13.3. The molecule has 1 N–H and O–H groups in total. The van der Waals surface area contributed by atoms with Gasteiger partial charge >= 0.3 is 0 Å². The summed E-state index contributed by atoms with van der Waals surface area (Å²) < 4.78 is 16.0. The Kier molecular flexibility index (Phi) is 4.45. The van der Waals surface area contributed by atoms with E-state index in [9.17, 15) is 9.18 Å². The van der Waals surface area contributed by atoms with Crippen LogP contribution in [0.15, 0.2) is 65.5 Å². The van der Waals surface area contributed by atoms with Gasteiger partial charge in [-0.25, -0.2) is 14.4 Å². The number of halogens is 2. The summed E-state index contributed by atoms with van der Waals surface area (Å²) >= 11 is 3.39. The van der Waals surface area contributed by atoms with E-state index in [1.54, 1.807) is 24.7 Å². The van der Waals surface area contributed by atoms with E-state index < -0.39 is 0 Å². The number of imidazole rings is 1. The minimum atomic E-state index is -0.299. The van der Waals surface area contributed by atoms with Crippen molar-refractivity contribution >= 4 is 38.7 Å². The van der Waals surface area contributed by atoms with Crippen LogP contribution in [0, 0.1) is 5.82 Å². The van der Waals surface area contributed by atoms with Crippen LogP contribution >= 0.6 is 15.9 Å². The fraction of sp³-hybridized carbons (Fsp3) is 0.0500. The van der Waals surface area contributed by atoms with Crippen LogP contribution in [0.3, 0.4) is 0 Å². The van der Waals surface area contributed by atoms with Gasteiger partial charge in [0.25, 0.3) is 0 Å². The first-order valence-corrected chi connectivity index (χ1v) is 8.96. The Labute approximate surface area is 163 Å². The van der Waals surface area contributed by atoms with Crippen molar-refractivity contribution in [2.45, 2.75) is 6.92 Å². The summed E-state index contributed by atoms with van der Waals surface area (Å²) in [5, 5.41) is 2.81. The van der Waals surface area contributed by atoms with Crippen LogP contribution in [-0.2, 0) is 4.79 Å². The van der Waals surface area contributed by atoms with Crippen LogP contribution in [-0.4, -0.2) is 20.4 Å². The maximum absolute atomic E-state index is 13.3. The summed E-state index contributed by atoms with van der Waals surface area (Å²) in [5.41, 5.74) is 4.55. The number of carbonyl (C=O) groups is 1. The van der Waals surface area contributed by atoms with Crippen molar-refractivity contribution in [2.75, 3.05) is 5.32 Å². The van der Waals surface area contributed by atoms with Crippen LogP contribution < -0.4 is 5.32 Å². The predicted molar refractivity (Wildman–Crippen MR) is 106 cm³/mol. The molecule has 0 fully saturated rings. The van der Waals surface area contributed by atoms with Gasteiger partial charge in [-0.05, 0) is 63.5 Å². The number of carbonyl (C=O) groups excluding carboxylic acids is 1. The molecule has 0 radical (unpaired) electrons. The Bertz CT molecular complexity index is 1150. The molecule has 0 saturated heterocycles. The Balaban J connectivity index is 1.89. The second-order valence-electron chi connectivity index (χ2n) is 6.07. The molecule has 0 aliphatic rings. The monoisotopic (exact) mass is 424 g/mol. The van der Waals surface area contributed by atoms with Crippen molar-refractivity contribution in [1.29, 1.82) is 0 Å². The van der Waals surface area contributed by atoms with Gasteiger partial charge in [-0.2, -0.15) is 0 Å². The SMILES string of the molecule is CC(=O)Nc1cc(-c2ccc(F)cc2)cc(-n2cnc3cc(Br)cnc32)c1. The molecule has 0 spiro atoms. The molecule has 2 aromatic heterocycles. The summed E-state index contributed by atoms with van der Waals surface area (Å²) in [6.45, 7) is 1.45. The quantitative estimate of drug-likeness (QED) is 0.506. The van der Waals surface area contributed by atoms with Gasteiger partial charge in [-0.3, -0.25) is 9.36 Å². The van der Waals surface area contributed by atoms with E-state index in [0.29, 0.717) is 11.3 Å². The molecule has 4 aromatic rings. The highest BCUT2D eigenvalue weighted by Gasteiger charge is 2.11. The molecular weight excluding hydrogens is 411 g/mol. The van der Waals surface area contributed by atoms with Crippen LogP contribution in [0.1, 0.15) is 6.92 Å². The third kappa shape index (κ3) is 3.59. The second kappa shape index (κ2) is 6.92. The van der Waals surface area contributed by atoms with Crippen LogP contribution in [0.2, 0.25) is 0 Å². The van der Waals surface area contributed by atoms with E-state index in [1.165, 1.54) is 19.1 Å². The van der Waals surface area contributed by atoms with Gasteiger partial charge < -0.3 is 5.32 Å². The lowest BCUT2D eigenvalue weighted by molar-refractivity contribution is -0.114. The van der Waals surface area contributed by atoms with Crippen molar-refractivity contribution in [2.24, 2.45) is 0 Å². The molecule has 0 unspecified atom stereocenters. The Morgan fingerprint density at radius 1 is 1.07 bits per heavy atom. The fourth-order valence-corrected chi connectivity index (χ4v) is 3.22. The lowest BCUT2D eigenvalue weighted by atomic mass is 10.0. The minimum Gasteiger partial charge on any atom is -0.326 e. The first-order chi connectivity index (χ1) is 13.0. The number of benzene rings is 2. The number of fused-ring (bicyclic) bond motifs is 1. The van der Waals surface area contributed by atoms with E-state index in [2.05, 4.69) is 31.2 Å². The zero-order valence-corrected chi connectivity index (χ0v) is 15.9. The topological polar surface area (TPSA) is 59.8 Å². The van der Waals surface area contributed by atoms with E-state index >= 15 is 0 Å². The summed E-state index contributed by atoms with van der Waals surface area (Å²) in [4.78, 5) is 20.4. The predicted octanol–water partition coefficient (Wildman–Crippen LogP) is 4.95. The number of nitrogens with zero attached hydrogens (tertiary/aromatic N) is 3. The Hall–Kier alpha value is -3.06. The molecule has 2 aromatic carbocycles. The summed E-state index contributed by atoms with van der Waals surface area (Å²) in [6, 6.07) is 13.7. The standard InChI is InChI=1S/C20H14BrFN4O/c1-12(27)25-17-6-14(13-2-4-16(22)5-3-13)7-18(9-17)26-11-24-19-8-15(21)10-23-20(19)26/h2-11H,1H3,(H,25,27). The summed E-state index contributed by atoms with van der Waals surface area (Å²) in [5.74, 6) is -0.470. The van der Waals surface area contributed by atoms with Crippen LogP contribution in [0.5, 0.6) is 0 Å². The van der Waals surface area contributed by atoms with Crippen molar-refractivity contribution in [3.8, 4) is 16.8 Å². The van der Waals surface area contributed by atoms with Crippen molar-refractivity contribution in [1.82, 2.24) is 14.5 Å². The normalized spacial score (nSPS) is 10.9. The average Bonchev–Trinajstić information content (AvgIpc) is 3.04. The van der Waals surface area contributed by atoms with Crippen molar-refractivity contribution < 1.29 is 9.18 Å². The molecule has 27 heavy (non-hydrogen) atoms. The number of aromatic nitrogens is 3. The molecule has 0 aliphatic carbocycles. The minimum absolute atomic E-state index is 0.172. The highest BCUT2D eigenvalue weighted by atomic mass is 79.9. The van der Waals surface area contributed by atoms with E-state index in [0.717, 1.165) is 26.8 Å². The molecule has 4 rings (SSSR count). The molecular formula is C20H14BrFN4O. The summed E-state index contributed by atoms with van der Waals surface area (Å²) in [7, 11) is 0. The van der Waals surface area contributed by atoms with Gasteiger partial charge in [-0.1, -0.05) is 12.1 Å². The number of pyridine rings is 1. The lowest BCUT2D eigenvalue weighted by Gasteiger charge is -2.12. The van der Waals surface area contributed by atoms with Gasteiger partial charge in [0.05, 0.1) is 5.69 Å². The van der Waals surface area contributed by atoms with Crippen molar-refractivity contribution in [3.63, 3.8) is 0 Å². The third-order valence-corrected chi connectivity index (χ3v) is 4.48. The molecule has 7 heteroatoms. The van der Waals surface area contributed by atoms with Gasteiger partial charge in [0.2, 0.25) is 5.91 Å². The molecule has 134 valence electrons. The fourth-order valence-electron chi connectivity index (χ4n) is 2.90. The Morgan fingerprint density at radius 2 is 1.85 bits per heavy atom. The molecule has 0 bridgehead atoms. The average molecular weight is 425 g/mol. The van der Waals surface area contributed by atoms with Crippen molar-refractivity contribution in [3.05, 3.63) is 71.3 Å². The molecule has 0 saturated carbocycles. The molecule has 2 heterocycles. The first kappa shape index (κ1) is 17.4. The van der Waals surface area contributed by atoms with Gasteiger partial charge in [0, 0.05) is 23.3 Å². The number of nitrogens with one attached hydrogen (secondary N) is 1. The molecule has 5 nitrogen and oxygen atoms in total. The van der Waals surface area contributed by atoms with E-state index in [1.807, 2.05) is 28.8 Å². The largest absolute Gasteiger partial charge is 0.326 e. The van der Waals surface area contributed by atoms with E-state index in [4.69, 9.17) is 0 Å². The van der Waals surface area contributed by atoms with Gasteiger partial charge in [-0.15, -0.1) is 0 Å². The number of anilines is 1. The number of rotatable bonds is 3. The molecule has 1 amide bonds. The smallest absolute Gasteiger partial charge is 0.221 e. The zero-order valence-electron chi connectivity index (χ0n) is 14.3. The molecule has 0 aliphatic heterocycles. The Morgan fingerprint density at radius 3 is 2.59 bits per heavy atom. The second-order valence-corrected chi connectivity index (χ2v) is 6.98. The van der Waals surface area contributed by atoms with Crippen LogP contribution in [0.4, 0.5) is 10.1 Å². The highest BCUT2D eigenvalue weighted by Crippen LogP contribution is 2.29.